The molecule has 0 radical (unpaired) electrons. The van der Waals surface area contributed by atoms with E-state index in [1.165, 1.54) is 0 Å². The lowest BCUT2D eigenvalue weighted by Crippen LogP contribution is -2.27. The molecule has 2 amide bonds. The van der Waals surface area contributed by atoms with Crippen LogP contribution < -0.4 is 15.4 Å². The lowest BCUT2D eigenvalue weighted by atomic mass is 10.1. The van der Waals surface area contributed by atoms with Gasteiger partial charge in [-0.1, -0.05) is 26.0 Å². The first-order chi connectivity index (χ1) is 12.0. The lowest BCUT2D eigenvalue weighted by Gasteiger charge is -2.10. The summed E-state index contributed by atoms with van der Waals surface area (Å²) in [5.41, 5.74) is 1.17. The Labute approximate surface area is 155 Å². The molecule has 0 aromatic heterocycles. The third kappa shape index (κ3) is 6.23. The summed E-state index contributed by atoms with van der Waals surface area (Å²) in [5, 5.41) is 5.59. The summed E-state index contributed by atoms with van der Waals surface area (Å²) in [4.78, 5) is 23.9. The predicted octanol–water partition coefficient (Wildman–Crippen LogP) is 3.85. The number of halogens is 1. The number of benzene rings is 2. The summed E-state index contributed by atoms with van der Waals surface area (Å²) < 4.78 is 6.26. The molecule has 25 heavy (non-hydrogen) atoms. The number of rotatable bonds is 7. The van der Waals surface area contributed by atoms with Crippen molar-refractivity contribution in [2.24, 2.45) is 5.92 Å². The van der Waals surface area contributed by atoms with Gasteiger partial charge in [0.15, 0.2) is 6.61 Å². The molecule has 0 unspecified atom stereocenters. The smallest absolute Gasteiger partial charge is 0.262 e. The van der Waals surface area contributed by atoms with Gasteiger partial charge in [0, 0.05) is 17.8 Å². The van der Waals surface area contributed by atoms with Gasteiger partial charge in [0.25, 0.3) is 11.8 Å². The van der Waals surface area contributed by atoms with Crippen LogP contribution in [0.25, 0.3) is 0 Å². The molecule has 2 aromatic carbocycles. The molecule has 0 aliphatic carbocycles. The summed E-state index contributed by atoms with van der Waals surface area (Å²) in [6.07, 6.45) is 0. The molecule has 0 saturated heterocycles. The van der Waals surface area contributed by atoms with Crippen LogP contribution in [0.2, 0.25) is 0 Å². The van der Waals surface area contributed by atoms with E-state index in [1.807, 2.05) is 32.0 Å². The van der Waals surface area contributed by atoms with Crippen LogP contribution in [-0.4, -0.2) is 25.0 Å². The van der Waals surface area contributed by atoms with E-state index >= 15 is 0 Å². The van der Waals surface area contributed by atoms with Crippen molar-refractivity contribution >= 4 is 33.4 Å². The highest BCUT2D eigenvalue weighted by molar-refractivity contribution is 9.10. The van der Waals surface area contributed by atoms with E-state index in [1.54, 1.807) is 30.3 Å². The summed E-state index contributed by atoms with van der Waals surface area (Å²) in [6, 6.07) is 14.1. The minimum absolute atomic E-state index is 0.0980. The second-order valence-electron chi connectivity index (χ2n) is 5.95. The largest absolute Gasteiger partial charge is 0.483 e. The monoisotopic (exact) mass is 404 g/mol. The van der Waals surface area contributed by atoms with Gasteiger partial charge in [-0.15, -0.1) is 0 Å². The van der Waals surface area contributed by atoms with Gasteiger partial charge in [-0.05, 0) is 58.2 Å². The Morgan fingerprint density at radius 3 is 2.40 bits per heavy atom. The molecular weight excluding hydrogens is 384 g/mol. The number of hydrogen-bond acceptors (Lipinski definition) is 3. The highest BCUT2D eigenvalue weighted by atomic mass is 79.9. The molecule has 0 bridgehead atoms. The first kappa shape index (κ1) is 19.0. The van der Waals surface area contributed by atoms with Crippen molar-refractivity contribution in [1.29, 1.82) is 0 Å². The molecule has 2 rings (SSSR count). The van der Waals surface area contributed by atoms with Gasteiger partial charge in [-0.3, -0.25) is 9.59 Å². The number of anilines is 1. The standard InChI is InChI=1S/C19H21BrN2O3/c1-13(2)11-21-19(24)14-7-9-15(10-8-14)22-18(23)12-25-17-6-4-3-5-16(17)20/h3-10,13H,11-12H2,1-2H3,(H,21,24)(H,22,23). The van der Waals surface area contributed by atoms with Crippen LogP contribution >= 0.6 is 15.9 Å². The van der Waals surface area contributed by atoms with Gasteiger partial charge in [-0.2, -0.15) is 0 Å². The maximum Gasteiger partial charge on any atom is 0.262 e. The van der Waals surface area contributed by atoms with Gasteiger partial charge < -0.3 is 15.4 Å². The molecule has 0 saturated carbocycles. The predicted molar refractivity (Wildman–Crippen MR) is 102 cm³/mol. The molecule has 6 heteroatoms. The summed E-state index contributed by atoms with van der Waals surface area (Å²) in [7, 11) is 0. The number of nitrogens with one attached hydrogen (secondary N) is 2. The van der Waals surface area contributed by atoms with E-state index in [2.05, 4.69) is 26.6 Å². The molecule has 5 nitrogen and oxygen atoms in total. The molecule has 0 fully saturated rings. The van der Waals surface area contributed by atoms with Crippen LogP contribution in [0.5, 0.6) is 5.75 Å². The van der Waals surface area contributed by atoms with Crippen molar-refractivity contribution < 1.29 is 14.3 Å². The van der Waals surface area contributed by atoms with E-state index in [0.29, 0.717) is 29.5 Å². The SMILES string of the molecule is CC(C)CNC(=O)c1ccc(NC(=O)COc2ccccc2Br)cc1. The van der Waals surface area contributed by atoms with Crippen LogP contribution in [0.1, 0.15) is 24.2 Å². The average Bonchev–Trinajstić information content (AvgIpc) is 2.59. The molecule has 0 heterocycles. The maximum atomic E-state index is 12.0. The molecule has 2 N–H and O–H groups in total. The summed E-state index contributed by atoms with van der Waals surface area (Å²) in [6.45, 7) is 4.60. The first-order valence-electron chi connectivity index (χ1n) is 8.01. The van der Waals surface area contributed by atoms with Crippen molar-refractivity contribution in [1.82, 2.24) is 5.32 Å². The third-order valence-corrected chi connectivity index (χ3v) is 3.95. The van der Waals surface area contributed by atoms with Gasteiger partial charge in [-0.25, -0.2) is 0 Å². The number of hydrogen-bond donors (Lipinski definition) is 2. The van der Waals surface area contributed by atoms with Gasteiger partial charge >= 0.3 is 0 Å². The quantitative estimate of drug-likeness (QED) is 0.736. The Hall–Kier alpha value is -2.34. The second kappa shape index (κ2) is 9.22. The maximum absolute atomic E-state index is 12.0. The Morgan fingerprint density at radius 1 is 1.08 bits per heavy atom. The van der Waals surface area contributed by atoms with Crippen molar-refractivity contribution in [3.8, 4) is 5.75 Å². The summed E-state index contributed by atoms with van der Waals surface area (Å²) in [5.74, 6) is 0.610. The Balaban J connectivity index is 1.85. The number of carbonyl (C=O) groups is 2. The molecular formula is C19H21BrN2O3. The zero-order valence-corrected chi connectivity index (χ0v) is 15.8. The number of amides is 2. The van der Waals surface area contributed by atoms with Crippen LogP contribution in [0.3, 0.4) is 0 Å². The number of ether oxygens (including phenoxy) is 1. The van der Waals surface area contributed by atoms with E-state index in [4.69, 9.17) is 4.74 Å². The van der Waals surface area contributed by atoms with Gasteiger partial charge in [0.05, 0.1) is 4.47 Å². The van der Waals surface area contributed by atoms with E-state index < -0.39 is 0 Å². The highest BCUT2D eigenvalue weighted by Gasteiger charge is 2.08. The second-order valence-corrected chi connectivity index (χ2v) is 6.80. The zero-order valence-electron chi connectivity index (χ0n) is 14.2. The molecule has 132 valence electrons. The fraction of sp³-hybridized carbons (Fsp3) is 0.263. The average molecular weight is 405 g/mol. The van der Waals surface area contributed by atoms with Crippen LogP contribution in [0.4, 0.5) is 5.69 Å². The van der Waals surface area contributed by atoms with E-state index in [0.717, 1.165) is 4.47 Å². The van der Waals surface area contributed by atoms with Crippen LogP contribution in [0.15, 0.2) is 53.0 Å². The molecule has 0 aliphatic heterocycles. The minimum Gasteiger partial charge on any atom is -0.483 e. The van der Waals surface area contributed by atoms with Crippen molar-refractivity contribution in [3.63, 3.8) is 0 Å². The third-order valence-electron chi connectivity index (χ3n) is 3.30. The fourth-order valence-corrected chi connectivity index (χ4v) is 2.41. The molecule has 0 aliphatic rings. The fourth-order valence-electron chi connectivity index (χ4n) is 2.01. The zero-order chi connectivity index (χ0) is 18.2. The van der Waals surface area contributed by atoms with Crippen LogP contribution in [-0.2, 0) is 4.79 Å². The van der Waals surface area contributed by atoms with Crippen molar-refractivity contribution in [3.05, 3.63) is 58.6 Å². The van der Waals surface area contributed by atoms with Crippen molar-refractivity contribution in [2.45, 2.75) is 13.8 Å². The van der Waals surface area contributed by atoms with Gasteiger partial charge in [0.1, 0.15) is 5.75 Å². The first-order valence-corrected chi connectivity index (χ1v) is 8.80. The lowest BCUT2D eigenvalue weighted by molar-refractivity contribution is -0.118. The van der Waals surface area contributed by atoms with E-state index in [9.17, 15) is 9.59 Å². The number of carbonyl (C=O) groups excluding carboxylic acids is 2. The molecule has 0 spiro atoms. The van der Waals surface area contributed by atoms with Gasteiger partial charge in [0.2, 0.25) is 0 Å². The topological polar surface area (TPSA) is 67.4 Å². The Morgan fingerprint density at radius 2 is 1.76 bits per heavy atom. The Bertz CT molecular complexity index is 730. The molecule has 2 aromatic rings. The van der Waals surface area contributed by atoms with E-state index in [-0.39, 0.29) is 18.4 Å². The minimum atomic E-state index is -0.271. The highest BCUT2D eigenvalue weighted by Crippen LogP contribution is 2.23. The Kier molecular flexibility index (Phi) is 7.01. The van der Waals surface area contributed by atoms with Crippen LogP contribution in [0, 0.1) is 5.92 Å². The number of para-hydroxylation sites is 1. The van der Waals surface area contributed by atoms with Crippen molar-refractivity contribution in [2.75, 3.05) is 18.5 Å². The normalized spacial score (nSPS) is 10.4. The molecule has 0 atom stereocenters. The summed E-state index contributed by atoms with van der Waals surface area (Å²) >= 11 is 3.36.